The average Bonchev–Trinajstić information content (AvgIpc) is 2.67. The van der Waals surface area contributed by atoms with E-state index in [1.54, 1.807) is 12.1 Å². The molecule has 0 radical (unpaired) electrons. The van der Waals surface area contributed by atoms with Crippen LogP contribution in [0.1, 0.15) is 34.3 Å². The minimum atomic E-state index is -0.444. The number of esters is 1. The van der Waals surface area contributed by atoms with Gasteiger partial charge in [-0.3, -0.25) is 4.79 Å². The first-order valence-corrected chi connectivity index (χ1v) is 9.17. The molecule has 0 aromatic heterocycles. The van der Waals surface area contributed by atoms with E-state index in [0.717, 1.165) is 37.9 Å². The molecule has 4 nitrogen and oxygen atoms in total. The summed E-state index contributed by atoms with van der Waals surface area (Å²) >= 11 is 0. The van der Waals surface area contributed by atoms with Crippen LogP contribution in [0.2, 0.25) is 0 Å². The van der Waals surface area contributed by atoms with Gasteiger partial charge in [0.2, 0.25) is 0 Å². The number of aryl methyl sites for hydroxylation is 1. The number of benzene rings is 2. The van der Waals surface area contributed by atoms with Gasteiger partial charge >= 0.3 is 5.97 Å². The second-order valence-electron chi connectivity index (χ2n) is 6.96. The van der Waals surface area contributed by atoms with Crippen LogP contribution in [0.15, 0.2) is 54.6 Å². The van der Waals surface area contributed by atoms with Gasteiger partial charge in [-0.25, -0.2) is 4.79 Å². The van der Waals surface area contributed by atoms with Crippen LogP contribution >= 0.6 is 0 Å². The minimum absolute atomic E-state index is 0.107. The molecule has 1 saturated heterocycles. The number of carbonyl (C=O) groups is 2. The maximum absolute atomic E-state index is 12.3. The highest BCUT2D eigenvalue weighted by Crippen LogP contribution is 2.21. The molecule has 0 spiro atoms. The van der Waals surface area contributed by atoms with Crippen LogP contribution in [-0.2, 0) is 16.0 Å². The standard InChI is InChI=1S/C22H25NO3/c1-17-6-5-9-20(14-17)22(25)26-16-21(24)23-12-10-19(11-13-23)15-18-7-3-2-4-8-18/h2-9,14,19H,10-13,15-16H2,1H3. The molecule has 1 amide bonds. The highest BCUT2D eigenvalue weighted by Gasteiger charge is 2.23. The largest absolute Gasteiger partial charge is 0.452 e. The zero-order valence-corrected chi connectivity index (χ0v) is 15.2. The number of ether oxygens (including phenoxy) is 1. The number of piperidine rings is 1. The van der Waals surface area contributed by atoms with Gasteiger partial charge in [-0.05, 0) is 49.8 Å². The molecular weight excluding hydrogens is 326 g/mol. The predicted molar refractivity (Wildman–Crippen MR) is 101 cm³/mol. The van der Waals surface area contributed by atoms with Crippen LogP contribution in [0.3, 0.4) is 0 Å². The summed E-state index contributed by atoms with van der Waals surface area (Å²) in [6.07, 6.45) is 3.05. The molecule has 136 valence electrons. The monoisotopic (exact) mass is 351 g/mol. The first-order valence-electron chi connectivity index (χ1n) is 9.17. The van der Waals surface area contributed by atoms with E-state index in [1.165, 1.54) is 5.56 Å². The fourth-order valence-corrected chi connectivity index (χ4v) is 3.41. The van der Waals surface area contributed by atoms with Crippen molar-refractivity contribution >= 4 is 11.9 Å². The Kier molecular flexibility index (Phi) is 6.05. The second kappa shape index (κ2) is 8.65. The smallest absolute Gasteiger partial charge is 0.338 e. The van der Waals surface area contributed by atoms with Crippen molar-refractivity contribution in [3.8, 4) is 0 Å². The van der Waals surface area contributed by atoms with E-state index in [2.05, 4.69) is 24.3 Å². The van der Waals surface area contributed by atoms with Crippen molar-refractivity contribution in [1.82, 2.24) is 4.90 Å². The van der Waals surface area contributed by atoms with Crippen molar-refractivity contribution in [3.63, 3.8) is 0 Å². The van der Waals surface area contributed by atoms with Gasteiger partial charge in [-0.15, -0.1) is 0 Å². The van der Waals surface area contributed by atoms with Crippen LogP contribution in [0.25, 0.3) is 0 Å². The molecular formula is C22H25NO3. The van der Waals surface area contributed by atoms with Gasteiger partial charge in [-0.1, -0.05) is 48.0 Å². The fraction of sp³-hybridized carbons (Fsp3) is 0.364. The number of rotatable bonds is 5. The molecule has 0 bridgehead atoms. The van der Waals surface area contributed by atoms with Gasteiger partial charge < -0.3 is 9.64 Å². The summed E-state index contributed by atoms with van der Waals surface area (Å²) in [6, 6.07) is 17.7. The summed E-state index contributed by atoms with van der Waals surface area (Å²) in [5, 5.41) is 0. The van der Waals surface area contributed by atoms with Crippen molar-refractivity contribution in [2.24, 2.45) is 5.92 Å². The van der Waals surface area contributed by atoms with E-state index in [-0.39, 0.29) is 12.5 Å². The summed E-state index contributed by atoms with van der Waals surface area (Å²) < 4.78 is 5.19. The third-order valence-corrected chi connectivity index (χ3v) is 4.91. The van der Waals surface area contributed by atoms with E-state index >= 15 is 0 Å². The van der Waals surface area contributed by atoms with Crippen LogP contribution in [0.4, 0.5) is 0 Å². The number of nitrogens with zero attached hydrogens (tertiary/aromatic N) is 1. The molecule has 0 unspecified atom stereocenters. The Morgan fingerprint density at radius 1 is 1.04 bits per heavy atom. The predicted octanol–water partition coefficient (Wildman–Crippen LogP) is 3.63. The lowest BCUT2D eigenvalue weighted by molar-refractivity contribution is -0.135. The SMILES string of the molecule is Cc1cccc(C(=O)OCC(=O)N2CCC(Cc3ccccc3)CC2)c1. The summed E-state index contributed by atoms with van der Waals surface area (Å²) in [5.74, 6) is 0.0569. The van der Waals surface area contributed by atoms with E-state index in [1.807, 2.05) is 30.0 Å². The third kappa shape index (κ3) is 4.94. The Hall–Kier alpha value is -2.62. The number of hydrogen-bond donors (Lipinski definition) is 0. The maximum atomic E-state index is 12.3. The van der Waals surface area contributed by atoms with E-state index in [9.17, 15) is 9.59 Å². The normalized spacial score (nSPS) is 14.9. The minimum Gasteiger partial charge on any atom is -0.452 e. The van der Waals surface area contributed by atoms with Crippen LogP contribution in [-0.4, -0.2) is 36.5 Å². The van der Waals surface area contributed by atoms with Crippen molar-refractivity contribution in [2.75, 3.05) is 19.7 Å². The fourth-order valence-electron chi connectivity index (χ4n) is 3.41. The Balaban J connectivity index is 1.43. The van der Waals surface area contributed by atoms with E-state index < -0.39 is 5.97 Å². The number of carbonyl (C=O) groups excluding carboxylic acids is 2. The van der Waals surface area contributed by atoms with Gasteiger partial charge in [0.05, 0.1) is 5.56 Å². The third-order valence-electron chi connectivity index (χ3n) is 4.91. The number of likely N-dealkylation sites (tertiary alicyclic amines) is 1. The van der Waals surface area contributed by atoms with Gasteiger partial charge in [0.15, 0.2) is 6.61 Å². The number of amides is 1. The highest BCUT2D eigenvalue weighted by atomic mass is 16.5. The molecule has 4 heteroatoms. The Bertz CT molecular complexity index is 749. The van der Waals surface area contributed by atoms with Crippen molar-refractivity contribution < 1.29 is 14.3 Å². The lowest BCUT2D eigenvalue weighted by Crippen LogP contribution is -2.41. The Labute approximate surface area is 154 Å². The lowest BCUT2D eigenvalue weighted by atomic mass is 9.90. The first-order chi connectivity index (χ1) is 12.6. The first kappa shape index (κ1) is 18.2. The van der Waals surface area contributed by atoms with Crippen LogP contribution in [0.5, 0.6) is 0 Å². The van der Waals surface area contributed by atoms with Crippen LogP contribution in [0, 0.1) is 12.8 Å². The second-order valence-corrected chi connectivity index (χ2v) is 6.96. The molecule has 2 aromatic carbocycles. The summed E-state index contributed by atoms with van der Waals surface area (Å²) in [4.78, 5) is 26.2. The summed E-state index contributed by atoms with van der Waals surface area (Å²) in [6.45, 7) is 3.20. The molecule has 26 heavy (non-hydrogen) atoms. The van der Waals surface area contributed by atoms with Crippen LogP contribution < -0.4 is 0 Å². The Morgan fingerprint density at radius 3 is 2.46 bits per heavy atom. The zero-order chi connectivity index (χ0) is 18.4. The quantitative estimate of drug-likeness (QED) is 0.773. The summed E-state index contributed by atoms with van der Waals surface area (Å²) in [7, 11) is 0. The van der Waals surface area contributed by atoms with Crippen molar-refractivity contribution in [1.29, 1.82) is 0 Å². The average molecular weight is 351 g/mol. The summed E-state index contributed by atoms with van der Waals surface area (Å²) in [5.41, 5.74) is 2.83. The van der Waals surface area contributed by atoms with Gasteiger partial charge in [-0.2, -0.15) is 0 Å². The van der Waals surface area contributed by atoms with Gasteiger partial charge in [0.1, 0.15) is 0 Å². The number of hydrogen-bond acceptors (Lipinski definition) is 3. The van der Waals surface area contributed by atoms with Crippen molar-refractivity contribution in [3.05, 3.63) is 71.3 Å². The topological polar surface area (TPSA) is 46.6 Å². The molecule has 0 N–H and O–H groups in total. The molecule has 1 fully saturated rings. The van der Waals surface area contributed by atoms with Gasteiger partial charge in [0, 0.05) is 13.1 Å². The van der Waals surface area contributed by atoms with E-state index in [4.69, 9.17) is 4.74 Å². The Morgan fingerprint density at radius 2 is 1.77 bits per heavy atom. The van der Waals surface area contributed by atoms with E-state index in [0.29, 0.717) is 11.5 Å². The molecule has 3 rings (SSSR count). The molecule has 0 aliphatic carbocycles. The molecule has 1 aliphatic heterocycles. The molecule has 1 heterocycles. The molecule has 0 saturated carbocycles. The maximum Gasteiger partial charge on any atom is 0.338 e. The van der Waals surface area contributed by atoms with Gasteiger partial charge in [0.25, 0.3) is 5.91 Å². The zero-order valence-electron chi connectivity index (χ0n) is 15.2. The lowest BCUT2D eigenvalue weighted by Gasteiger charge is -2.32. The highest BCUT2D eigenvalue weighted by molar-refractivity contribution is 5.91. The molecule has 0 atom stereocenters. The molecule has 1 aliphatic rings. The van der Waals surface area contributed by atoms with Crippen molar-refractivity contribution in [2.45, 2.75) is 26.2 Å². The molecule has 2 aromatic rings.